The van der Waals surface area contributed by atoms with E-state index < -0.39 is 0 Å². The van der Waals surface area contributed by atoms with E-state index in [4.69, 9.17) is 0 Å². The first kappa shape index (κ1) is 19.7. The Kier molecular flexibility index (Phi) is 9.59. The minimum atomic E-state index is 0. The maximum atomic E-state index is 4.50. The highest BCUT2D eigenvalue weighted by atomic mass is 127. The van der Waals surface area contributed by atoms with E-state index in [-0.39, 0.29) is 24.0 Å². The minimum absolute atomic E-state index is 0. The van der Waals surface area contributed by atoms with Crippen molar-refractivity contribution in [3.05, 3.63) is 42.1 Å². The van der Waals surface area contributed by atoms with Crippen molar-refractivity contribution in [2.24, 2.45) is 4.99 Å². The fraction of sp³-hybridized carbons (Fsp3) is 0.444. The summed E-state index contributed by atoms with van der Waals surface area (Å²) < 4.78 is 0. The largest absolute Gasteiger partial charge is 0.356 e. The molecule has 0 aliphatic carbocycles. The molecular weight excluding hydrogens is 399 g/mol. The molecule has 0 radical (unpaired) electrons. The lowest BCUT2D eigenvalue weighted by molar-refractivity contribution is 0.682. The highest BCUT2D eigenvalue weighted by Crippen LogP contribution is 2.15. The number of hydrogen-bond acceptors (Lipinski definition) is 2. The number of pyridine rings is 1. The molecule has 2 aromatic rings. The average molecular weight is 426 g/mol. The van der Waals surface area contributed by atoms with Crippen LogP contribution in [0.15, 0.2) is 41.5 Å². The third kappa shape index (κ3) is 6.33. The highest BCUT2D eigenvalue weighted by molar-refractivity contribution is 14.0. The number of hydrogen-bond donors (Lipinski definition) is 2. The fourth-order valence-corrected chi connectivity index (χ4v) is 2.49. The van der Waals surface area contributed by atoms with Crippen molar-refractivity contribution in [3.63, 3.8) is 0 Å². The van der Waals surface area contributed by atoms with Crippen molar-refractivity contribution < 1.29 is 0 Å². The molecule has 0 amide bonds. The van der Waals surface area contributed by atoms with Gasteiger partial charge in [-0.1, -0.05) is 44.0 Å². The van der Waals surface area contributed by atoms with Gasteiger partial charge < -0.3 is 10.6 Å². The van der Waals surface area contributed by atoms with Crippen molar-refractivity contribution >= 4 is 40.8 Å². The summed E-state index contributed by atoms with van der Waals surface area (Å²) in [5, 5.41) is 7.92. The lowest BCUT2D eigenvalue weighted by atomic mass is 10.1. The monoisotopic (exact) mass is 426 g/mol. The zero-order valence-electron chi connectivity index (χ0n) is 14.0. The first-order valence-corrected chi connectivity index (χ1v) is 8.12. The number of aliphatic imine (C=N–C) groups is 1. The predicted octanol–water partition coefficient (Wildman–Crippen LogP) is 3.75. The number of nitrogens with one attached hydrogen (secondary N) is 2. The van der Waals surface area contributed by atoms with Gasteiger partial charge in [0.05, 0.1) is 5.52 Å². The second-order valence-corrected chi connectivity index (χ2v) is 5.38. The molecule has 0 spiro atoms. The van der Waals surface area contributed by atoms with Gasteiger partial charge in [0.25, 0.3) is 0 Å². The lowest BCUT2D eigenvalue weighted by Crippen LogP contribution is -2.38. The van der Waals surface area contributed by atoms with Crippen LogP contribution in [0.25, 0.3) is 10.9 Å². The van der Waals surface area contributed by atoms with E-state index in [1.165, 1.54) is 30.2 Å². The zero-order chi connectivity index (χ0) is 15.6. The number of para-hydroxylation sites is 1. The number of aromatic nitrogens is 1. The Morgan fingerprint density at radius 1 is 1.09 bits per heavy atom. The van der Waals surface area contributed by atoms with E-state index >= 15 is 0 Å². The predicted molar refractivity (Wildman–Crippen MR) is 110 cm³/mol. The summed E-state index contributed by atoms with van der Waals surface area (Å²) in [5.74, 6) is 0.879. The van der Waals surface area contributed by atoms with E-state index in [0.717, 1.165) is 31.0 Å². The third-order valence-corrected chi connectivity index (χ3v) is 3.70. The molecule has 0 saturated carbocycles. The third-order valence-electron chi connectivity index (χ3n) is 3.70. The van der Waals surface area contributed by atoms with Gasteiger partial charge in [-0.15, -0.1) is 24.0 Å². The Labute approximate surface area is 156 Å². The molecule has 1 heterocycles. The number of unbranched alkanes of at least 4 members (excludes halogenated alkanes) is 2. The molecule has 0 saturated heterocycles. The molecule has 2 rings (SSSR count). The summed E-state index contributed by atoms with van der Waals surface area (Å²) in [4.78, 5) is 8.75. The van der Waals surface area contributed by atoms with Crippen LogP contribution in [0, 0.1) is 0 Å². The molecule has 0 unspecified atom stereocenters. The zero-order valence-corrected chi connectivity index (χ0v) is 16.3. The molecule has 0 aliphatic rings. The SMILES string of the molecule is CCCCCNC(=NC)NCCc1cccc2cccnc12.I. The molecule has 0 fully saturated rings. The Hall–Kier alpha value is -1.37. The van der Waals surface area contributed by atoms with E-state index in [1.807, 2.05) is 19.3 Å². The summed E-state index contributed by atoms with van der Waals surface area (Å²) in [6.45, 7) is 4.04. The molecule has 2 N–H and O–H groups in total. The molecule has 0 bridgehead atoms. The number of nitrogens with zero attached hydrogens (tertiary/aromatic N) is 2. The van der Waals surface area contributed by atoms with Gasteiger partial charge in [-0.05, 0) is 24.5 Å². The van der Waals surface area contributed by atoms with E-state index in [0.29, 0.717) is 0 Å². The molecule has 1 aromatic carbocycles. The first-order valence-electron chi connectivity index (χ1n) is 8.12. The molecular formula is C18H27IN4. The molecule has 1 aromatic heterocycles. The van der Waals surface area contributed by atoms with E-state index in [9.17, 15) is 0 Å². The Morgan fingerprint density at radius 2 is 1.87 bits per heavy atom. The number of rotatable bonds is 7. The van der Waals surface area contributed by atoms with Crippen molar-refractivity contribution in [1.29, 1.82) is 0 Å². The number of fused-ring (bicyclic) bond motifs is 1. The second kappa shape index (κ2) is 11.2. The van der Waals surface area contributed by atoms with Gasteiger partial charge in [-0.2, -0.15) is 0 Å². The number of benzene rings is 1. The van der Waals surface area contributed by atoms with Crippen LogP contribution < -0.4 is 10.6 Å². The van der Waals surface area contributed by atoms with Gasteiger partial charge >= 0.3 is 0 Å². The van der Waals surface area contributed by atoms with Gasteiger partial charge in [0.2, 0.25) is 0 Å². The lowest BCUT2D eigenvalue weighted by Gasteiger charge is -2.12. The van der Waals surface area contributed by atoms with Crippen LogP contribution >= 0.6 is 24.0 Å². The van der Waals surface area contributed by atoms with Gasteiger partial charge in [0, 0.05) is 31.7 Å². The maximum absolute atomic E-state index is 4.50. The van der Waals surface area contributed by atoms with E-state index in [1.54, 1.807) is 0 Å². The fourth-order valence-electron chi connectivity index (χ4n) is 2.49. The van der Waals surface area contributed by atoms with Crippen LogP contribution in [0.2, 0.25) is 0 Å². The van der Waals surface area contributed by atoms with Gasteiger partial charge in [-0.25, -0.2) is 0 Å². The number of halogens is 1. The Morgan fingerprint density at radius 3 is 2.65 bits per heavy atom. The average Bonchev–Trinajstić information content (AvgIpc) is 2.57. The molecule has 23 heavy (non-hydrogen) atoms. The van der Waals surface area contributed by atoms with Crippen LogP contribution in [-0.2, 0) is 6.42 Å². The van der Waals surface area contributed by atoms with Crippen LogP contribution in [0.1, 0.15) is 31.7 Å². The number of guanidine groups is 1. The van der Waals surface area contributed by atoms with Crippen LogP contribution in [0.3, 0.4) is 0 Å². The van der Waals surface area contributed by atoms with Gasteiger partial charge in [0.1, 0.15) is 0 Å². The summed E-state index contributed by atoms with van der Waals surface area (Å²) >= 11 is 0. The molecule has 4 nitrogen and oxygen atoms in total. The first-order chi connectivity index (χ1) is 10.8. The van der Waals surface area contributed by atoms with E-state index in [2.05, 4.69) is 51.8 Å². The Bertz CT molecular complexity index is 607. The van der Waals surface area contributed by atoms with Gasteiger partial charge in [-0.3, -0.25) is 9.98 Å². The standard InChI is InChI=1S/C18H26N4.HI/c1-3-4-5-12-21-18(19-2)22-14-11-16-9-6-8-15-10-7-13-20-17(15)16;/h6-10,13H,3-5,11-12,14H2,1-2H3,(H2,19,21,22);1H. The molecule has 5 heteroatoms. The Balaban J connectivity index is 0.00000264. The van der Waals surface area contributed by atoms with Crippen molar-refractivity contribution in [2.75, 3.05) is 20.1 Å². The van der Waals surface area contributed by atoms with Crippen molar-refractivity contribution in [1.82, 2.24) is 15.6 Å². The normalized spacial score (nSPS) is 11.1. The highest BCUT2D eigenvalue weighted by Gasteiger charge is 2.02. The topological polar surface area (TPSA) is 49.3 Å². The van der Waals surface area contributed by atoms with Crippen molar-refractivity contribution in [2.45, 2.75) is 32.6 Å². The van der Waals surface area contributed by atoms with Crippen LogP contribution in [0.5, 0.6) is 0 Å². The summed E-state index contributed by atoms with van der Waals surface area (Å²) in [7, 11) is 1.81. The smallest absolute Gasteiger partial charge is 0.190 e. The van der Waals surface area contributed by atoms with Crippen LogP contribution in [-0.4, -0.2) is 31.1 Å². The quantitative estimate of drug-likeness (QED) is 0.307. The molecule has 126 valence electrons. The minimum Gasteiger partial charge on any atom is -0.356 e. The summed E-state index contributed by atoms with van der Waals surface area (Å²) in [6, 6.07) is 10.4. The summed E-state index contributed by atoms with van der Waals surface area (Å²) in [5.41, 5.74) is 2.37. The summed E-state index contributed by atoms with van der Waals surface area (Å²) in [6.07, 6.45) is 6.47. The van der Waals surface area contributed by atoms with Crippen molar-refractivity contribution in [3.8, 4) is 0 Å². The molecule has 0 atom stereocenters. The maximum Gasteiger partial charge on any atom is 0.190 e. The van der Waals surface area contributed by atoms with Gasteiger partial charge in [0.15, 0.2) is 5.96 Å². The van der Waals surface area contributed by atoms with Crippen LogP contribution in [0.4, 0.5) is 0 Å². The second-order valence-electron chi connectivity index (χ2n) is 5.38. The molecule has 0 aliphatic heterocycles.